The number of carbonyl (C=O) groups excluding carboxylic acids is 4. The topological polar surface area (TPSA) is 163 Å². The Morgan fingerprint density at radius 3 is 1.66 bits per heavy atom. The number of hydrogen-bond donors (Lipinski definition) is 0. The van der Waals surface area contributed by atoms with E-state index in [9.17, 15) is 24.7 Å². The van der Waals surface area contributed by atoms with Gasteiger partial charge in [-0.2, -0.15) is 0 Å². The minimum atomic E-state index is -1.61. The highest BCUT2D eigenvalue weighted by Gasteiger charge is 2.52. The van der Waals surface area contributed by atoms with E-state index in [4.69, 9.17) is 23.7 Å². The Morgan fingerprint density at radius 2 is 1.20 bits per heavy atom. The third kappa shape index (κ3) is 7.47. The smallest absolute Gasteiger partial charge is 0.338 e. The normalized spacial score (nSPS) is 21.4. The van der Waals surface area contributed by atoms with Crippen molar-refractivity contribution in [3.05, 3.63) is 118 Å². The van der Waals surface area contributed by atoms with E-state index in [0.717, 1.165) is 6.92 Å². The number of nitrogens with zero attached hydrogens (tertiary/aromatic N) is 3. The molecule has 4 rings (SSSR count). The second kappa shape index (κ2) is 13.7. The first kappa shape index (κ1) is 28.8. The zero-order valence-corrected chi connectivity index (χ0v) is 21.8. The molecule has 0 saturated carbocycles. The number of ether oxygens (including phenoxy) is 5. The number of rotatable bonds is 9. The summed E-state index contributed by atoms with van der Waals surface area (Å²) < 4.78 is 27.9. The molecule has 0 N–H and O–H groups in total. The largest absolute Gasteiger partial charge is 0.459 e. The number of esters is 4. The van der Waals surface area contributed by atoms with Crippen molar-refractivity contribution >= 4 is 23.9 Å². The Morgan fingerprint density at radius 1 is 0.732 bits per heavy atom. The van der Waals surface area contributed by atoms with Crippen LogP contribution in [0.15, 0.2) is 96.1 Å². The molecule has 3 aromatic rings. The third-order valence-corrected chi connectivity index (χ3v) is 5.98. The van der Waals surface area contributed by atoms with Crippen LogP contribution in [0, 0.1) is 0 Å². The maximum Gasteiger partial charge on any atom is 0.338 e. The van der Waals surface area contributed by atoms with Crippen LogP contribution in [0.3, 0.4) is 0 Å². The van der Waals surface area contributed by atoms with Crippen molar-refractivity contribution in [3.8, 4) is 0 Å². The van der Waals surface area contributed by atoms with Crippen LogP contribution in [0.5, 0.6) is 0 Å². The van der Waals surface area contributed by atoms with E-state index < -0.39 is 61.1 Å². The first-order valence-electron chi connectivity index (χ1n) is 12.5. The Kier molecular flexibility index (Phi) is 9.66. The van der Waals surface area contributed by atoms with Crippen molar-refractivity contribution in [2.24, 2.45) is 5.11 Å². The van der Waals surface area contributed by atoms with Crippen LogP contribution < -0.4 is 0 Å². The summed E-state index contributed by atoms with van der Waals surface area (Å²) in [6, 6.07) is 22.6. The van der Waals surface area contributed by atoms with Crippen LogP contribution >= 0.6 is 0 Å². The lowest BCUT2D eigenvalue weighted by Gasteiger charge is -2.43. The predicted octanol–water partition coefficient (Wildman–Crippen LogP) is 4.26. The van der Waals surface area contributed by atoms with Gasteiger partial charge in [-0.15, -0.1) is 0 Å². The van der Waals surface area contributed by atoms with Gasteiger partial charge >= 0.3 is 23.9 Å². The van der Waals surface area contributed by atoms with Crippen LogP contribution in [-0.4, -0.2) is 61.1 Å². The van der Waals surface area contributed by atoms with Gasteiger partial charge in [0.25, 0.3) is 0 Å². The summed E-state index contributed by atoms with van der Waals surface area (Å²) in [5.41, 5.74) is 9.94. The molecule has 0 bridgehead atoms. The maximum atomic E-state index is 13.1. The summed E-state index contributed by atoms with van der Waals surface area (Å²) in [4.78, 5) is 53.6. The summed E-state index contributed by atoms with van der Waals surface area (Å²) in [5, 5.41) is 3.74. The Balaban J connectivity index is 1.68. The van der Waals surface area contributed by atoms with Crippen LogP contribution in [0.2, 0.25) is 0 Å². The molecule has 1 heterocycles. The van der Waals surface area contributed by atoms with Gasteiger partial charge in [0.1, 0.15) is 18.8 Å². The third-order valence-electron chi connectivity index (χ3n) is 5.98. The lowest BCUT2D eigenvalue weighted by atomic mass is 9.96. The molecule has 12 heteroatoms. The minimum Gasteiger partial charge on any atom is -0.459 e. The highest BCUT2D eigenvalue weighted by molar-refractivity contribution is 5.90. The van der Waals surface area contributed by atoms with Gasteiger partial charge in [-0.3, -0.25) is 4.79 Å². The average Bonchev–Trinajstić information content (AvgIpc) is 2.99. The van der Waals surface area contributed by atoms with Crippen LogP contribution in [0.4, 0.5) is 0 Å². The molecule has 0 amide bonds. The zero-order valence-electron chi connectivity index (χ0n) is 21.8. The van der Waals surface area contributed by atoms with Crippen molar-refractivity contribution in [2.45, 2.75) is 37.6 Å². The fourth-order valence-corrected chi connectivity index (χ4v) is 4.09. The molecular formula is C29H25N3O9. The van der Waals surface area contributed by atoms with Gasteiger partial charge in [-0.1, -0.05) is 59.7 Å². The van der Waals surface area contributed by atoms with Gasteiger partial charge in [0, 0.05) is 11.8 Å². The summed E-state index contributed by atoms with van der Waals surface area (Å²) in [7, 11) is 0. The monoisotopic (exact) mass is 559 g/mol. The molecule has 3 aromatic carbocycles. The molecule has 1 saturated heterocycles. The molecule has 5 atom stereocenters. The SMILES string of the molecule is CC(=O)OC1O[C@H](COC(=O)c2ccccc2)[C@@H](N=[N+]=[N-])[C@H](OC(=O)c2ccccc2)[C@H]1OC(=O)c1ccccc1. The standard InChI is InChI=1S/C29H25N3O9/c1-18(33)38-29-25(41-28(36)21-15-9-4-10-16-21)24(40-27(35)20-13-7-3-8-14-20)23(31-32-30)22(39-29)17-37-26(34)19-11-5-2-6-12-19/h2-16,22-25,29H,17H2,1H3/t22-,23-,24+,25-,29?/m1/s1. The highest BCUT2D eigenvalue weighted by Crippen LogP contribution is 2.31. The van der Waals surface area contributed by atoms with E-state index in [-0.39, 0.29) is 16.7 Å². The van der Waals surface area contributed by atoms with Crippen LogP contribution in [0.1, 0.15) is 38.0 Å². The average molecular weight is 560 g/mol. The van der Waals surface area contributed by atoms with Gasteiger partial charge in [-0.05, 0) is 41.9 Å². The molecule has 1 aliphatic heterocycles. The van der Waals surface area contributed by atoms with Crippen molar-refractivity contribution in [3.63, 3.8) is 0 Å². The van der Waals surface area contributed by atoms with E-state index in [1.165, 1.54) is 24.3 Å². The lowest BCUT2D eigenvalue weighted by Crippen LogP contribution is -2.61. The van der Waals surface area contributed by atoms with Gasteiger partial charge in [0.2, 0.25) is 12.4 Å². The summed E-state index contributed by atoms with van der Waals surface area (Å²) in [5.74, 6) is -3.18. The summed E-state index contributed by atoms with van der Waals surface area (Å²) >= 11 is 0. The van der Waals surface area contributed by atoms with E-state index in [2.05, 4.69) is 10.0 Å². The fraction of sp³-hybridized carbons (Fsp3) is 0.241. The van der Waals surface area contributed by atoms with Crippen LogP contribution in [-0.2, 0) is 28.5 Å². The van der Waals surface area contributed by atoms with Crippen molar-refractivity contribution in [2.75, 3.05) is 6.61 Å². The first-order chi connectivity index (χ1) is 19.9. The second-order valence-electron chi connectivity index (χ2n) is 8.78. The summed E-state index contributed by atoms with van der Waals surface area (Å²) in [6.07, 6.45) is -5.94. The van der Waals surface area contributed by atoms with Crippen molar-refractivity contribution in [1.29, 1.82) is 0 Å². The Hall–Kier alpha value is -5.19. The van der Waals surface area contributed by atoms with Crippen molar-refractivity contribution in [1.82, 2.24) is 0 Å². The van der Waals surface area contributed by atoms with E-state index in [1.807, 2.05) is 0 Å². The number of azide groups is 1. The molecule has 1 unspecified atom stereocenters. The molecule has 0 radical (unpaired) electrons. The molecule has 41 heavy (non-hydrogen) atoms. The molecule has 1 fully saturated rings. The number of benzene rings is 3. The fourth-order valence-electron chi connectivity index (χ4n) is 4.09. The van der Waals surface area contributed by atoms with Gasteiger partial charge < -0.3 is 23.7 Å². The van der Waals surface area contributed by atoms with E-state index in [1.54, 1.807) is 66.7 Å². The molecule has 1 aliphatic rings. The van der Waals surface area contributed by atoms with E-state index >= 15 is 0 Å². The van der Waals surface area contributed by atoms with Crippen LogP contribution in [0.25, 0.3) is 10.4 Å². The lowest BCUT2D eigenvalue weighted by molar-refractivity contribution is -0.266. The number of hydrogen-bond acceptors (Lipinski definition) is 10. The zero-order chi connectivity index (χ0) is 29.2. The molecule has 210 valence electrons. The van der Waals surface area contributed by atoms with Gasteiger partial charge in [-0.25, -0.2) is 14.4 Å². The van der Waals surface area contributed by atoms with Gasteiger partial charge in [0.05, 0.1) is 16.7 Å². The van der Waals surface area contributed by atoms with E-state index in [0.29, 0.717) is 0 Å². The Bertz CT molecular complexity index is 1410. The molecule has 12 nitrogen and oxygen atoms in total. The predicted molar refractivity (Wildman–Crippen MR) is 141 cm³/mol. The molecular weight excluding hydrogens is 534 g/mol. The quantitative estimate of drug-likeness (QED) is 0.122. The summed E-state index contributed by atoms with van der Waals surface area (Å²) in [6.45, 7) is 0.627. The van der Waals surface area contributed by atoms with Crippen molar-refractivity contribution < 1.29 is 42.9 Å². The molecule has 0 aliphatic carbocycles. The Labute approximate surface area is 234 Å². The molecule has 0 spiro atoms. The van der Waals surface area contributed by atoms with Gasteiger partial charge in [0.15, 0.2) is 6.10 Å². The first-order valence-corrected chi connectivity index (χ1v) is 12.5. The minimum absolute atomic E-state index is 0.154. The second-order valence-corrected chi connectivity index (χ2v) is 8.78. The maximum absolute atomic E-state index is 13.1. The highest BCUT2D eigenvalue weighted by atomic mass is 16.7. The number of carbonyl (C=O) groups is 4. The molecule has 0 aromatic heterocycles.